The molecule has 1 saturated carbocycles. The van der Waals surface area contributed by atoms with E-state index in [1.807, 2.05) is 0 Å². The number of carbonyl (C=O) groups is 1. The first-order valence-corrected chi connectivity index (χ1v) is 11.5. The molecular formula is C25H23F3N6O. The molecule has 2 amide bonds. The normalized spacial score (nSPS) is 22.7. The lowest BCUT2D eigenvalue weighted by Crippen LogP contribution is -2.38. The van der Waals surface area contributed by atoms with Crippen LogP contribution in [0.3, 0.4) is 0 Å². The van der Waals surface area contributed by atoms with Crippen molar-refractivity contribution in [3.8, 4) is 11.1 Å². The van der Waals surface area contributed by atoms with Gasteiger partial charge in [0.15, 0.2) is 0 Å². The summed E-state index contributed by atoms with van der Waals surface area (Å²) in [7, 11) is 1.79. The third kappa shape index (κ3) is 3.46. The van der Waals surface area contributed by atoms with Crippen LogP contribution in [0, 0.1) is 5.82 Å². The van der Waals surface area contributed by atoms with E-state index in [1.54, 1.807) is 34.8 Å². The van der Waals surface area contributed by atoms with E-state index in [2.05, 4.69) is 9.97 Å². The van der Waals surface area contributed by atoms with Crippen LogP contribution in [0.25, 0.3) is 22.2 Å². The largest absolute Gasteiger partial charge is 0.383 e. The lowest BCUT2D eigenvalue weighted by molar-refractivity contribution is 0.205. The molecule has 2 N–H and O–H groups in total. The first-order chi connectivity index (χ1) is 16.8. The number of carbonyl (C=O) groups excluding carboxylic acids is 1. The predicted molar refractivity (Wildman–Crippen MR) is 126 cm³/mol. The van der Waals surface area contributed by atoms with E-state index in [4.69, 9.17) is 5.73 Å². The Morgan fingerprint density at radius 2 is 1.94 bits per heavy atom. The van der Waals surface area contributed by atoms with Crippen LogP contribution in [-0.2, 0) is 7.05 Å². The van der Waals surface area contributed by atoms with E-state index in [-0.39, 0.29) is 36.4 Å². The average Bonchev–Trinajstić information content (AvgIpc) is 3.53. The van der Waals surface area contributed by atoms with Crippen molar-refractivity contribution in [2.24, 2.45) is 7.05 Å². The topological polar surface area (TPSA) is 80.3 Å². The number of aryl methyl sites for hydroxylation is 1. The highest BCUT2D eigenvalue weighted by molar-refractivity contribution is 6.01. The minimum Gasteiger partial charge on any atom is -0.383 e. The molecule has 7 nitrogen and oxygen atoms in total. The van der Waals surface area contributed by atoms with Gasteiger partial charge in [0.1, 0.15) is 35.6 Å². The maximum atomic E-state index is 15.4. The summed E-state index contributed by atoms with van der Waals surface area (Å²) in [5, 5.41) is 0.549. The van der Waals surface area contributed by atoms with Gasteiger partial charge < -0.3 is 15.2 Å². The van der Waals surface area contributed by atoms with Gasteiger partial charge in [-0.05, 0) is 48.8 Å². The van der Waals surface area contributed by atoms with Crippen LogP contribution >= 0.6 is 0 Å². The van der Waals surface area contributed by atoms with Gasteiger partial charge in [0.2, 0.25) is 0 Å². The summed E-state index contributed by atoms with van der Waals surface area (Å²) in [6.45, 7) is 0.131. The highest BCUT2D eigenvalue weighted by Gasteiger charge is 2.48. The van der Waals surface area contributed by atoms with Crippen molar-refractivity contribution in [3.63, 3.8) is 0 Å². The monoisotopic (exact) mass is 480 g/mol. The number of nitrogen functional groups attached to an aromatic ring is 1. The number of aromatic nitrogens is 3. The Hall–Kier alpha value is -3.82. The molecule has 180 valence electrons. The van der Waals surface area contributed by atoms with Gasteiger partial charge in [0.25, 0.3) is 0 Å². The maximum Gasteiger partial charge on any atom is 0.325 e. The van der Waals surface area contributed by atoms with Crippen LogP contribution < -0.4 is 10.6 Å². The van der Waals surface area contributed by atoms with E-state index in [0.29, 0.717) is 27.8 Å². The zero-order valence-electron chi connectivity index (χ0n) is 19.0. The first-order valence-electron chi connectivity index (χ1n) is 11.5. The molecule has 2 aliphatic carbocycles. The SMILES string of the molecule is Cn1cc(-c2ccc(N3CC(C4=C(F)C=CC(F)C4)N(C4CC4)C3=O)cc2F)c2c(N)ncnc21. The van der Waals surface area contributed by atoms with Crippen molar-refractivity contribution in [2.45, 2.75) is 37.5 Å². The van der Waals surface area contributed by atoms with Gasteiger partial charge in [-0.25, -0.2) is 27.9 Å². The molecule has 1 aromatic carbocycles. The van der Waals surface area contributed by atoms with E-state index in [0.717, 1.165) is 18.9 Å². The number of rotatable bonds is 4. The lowest BCUT2D eigenvalue weighted by atomic mass is 9.95. The Morgan fingerprint density at radius 3 is 2.69 bits per heavy atom. The van der Waals surface area contributed by atoms with Gasteiger partial charge >= 0.3 is 6.03 Å². The summed E-state index contributed by atoms with van der Waals surface area (Å²) in [5.74, 6) is -0.793. The summed E-state index contributed by atoms with van der Waals surface area (Å²) in [4.78, 5) is 24.7. The molecule has 1 aliphatic heterocycles. The number of hydrogen-bond donors (Lipinski definition) is 1. The Kier molecular flexibility index (Phi) is 4.87. The van der Waals surface area contributed by atoms with E-state index in [9.17, 15) is 13.6 Å². The molecule has 3 heterocycles. The summed E-state index contributed by atoms with van der Waals surface area (Å²) in [6.07, 6.45) is 5.67. The Morgan fingerprint density at radius 1 is 1.14 bits per heavy atom. The summed E-state index contributed by atoms with van der Waals surface area (Å²) < 4.78 is 45.9. The number of fused-ring (bicyclic) bond motifs is 1. The molecule has 2 aromatic heterocycles. The zero-order chi connectivity index (χ0) is 24.4. The van der Waals surface area contributed by atoms with Crippen molar-refractivity contribution in [1.29, 1.82) is 0 Å². The van der Waals surface area contributed by atoms with Gasteiger partial charge in [0, 0.05) is 42.5 Å². The smallest absolute Gasteiger partial charge is 0.325 e. The fourth-order valence-corrected chi connectivity index (χ4v) is 5.16. The second-order valence-electron chi connectivity index (χ2n) is 9.28. The van der Waals surface area contributed by atoms with Gasteiger partial charge in [0.05, 0.1) is 18.0 Å². The molecule has 0 spiro atoms. The molecular weight excluding hydrogens is 457 g/mol. The molecule has 0 radical (unpaired) electrons. The number of nitrogens with two attached hydrogens (primary N) is 1. The van der Waals surface area contributed by atoms with Crippen LogP contribution in [0.15, 0.2) is 54.3 Å². The van der Waals surface area contributed by atoms with Crippen LogP contribution in [0.2, 0.25) is 0 Å². The number of nitrogens with zero attached hydrogens (tertiary/aromatic N) is 5. The third-order valence-electron chi connectivity index (χ3n) is 7.00. The van der Waals surface area contributed by atoms with Gasteiger partial charge in [-0.3, -0.25) is 4.90 Å². The number of amides is 2. The average molecular weight is 480 g/mol. The van der Waals surface area contributed by atoms with Crippen molar-refractivity contribution in [2.75, 3.05) is 17.2 Å². The lowest BCUT2D eigenvalue weighted by Gasteiger charge is -2.27. The molecule has 3 aliphatic rings. The Bertz CT molecular complexity index is 1430. The van der Waals surface area contributed by atoms with Crippen molar-refractivity contribution >= 4 is 28.6 Å². The van der Waals surface area contributed by atoms with E-state index in [1.165, 1.54) is 23.4 Å². The first kappa shape index (κ1) is 21.7. The summed E-state index contributed by atoms with van der Waals surface area (Å²) in [6, 6.07) is 3.63. The molecule has 0 bridgehead atoms. The minimum absolute atomic E-state index is 0.00968. The van der Waals surface area contributed by atoms with Crippen molar-refractivity contribution in [3.05, 3.63) is 60.1 Å². The van der Waals surface area contributed by atoms with E-state index < -0.39 is 23.9 Å². The number of anilines is 2. The number of alkyl halides is 1. The highest BCUT2D eigenvalue weighted by atomic mass is 19.1. The van der Waals surface area contributed by atoms with Crippen LogP contribution in [0.1, 0.15) is 19.3 Å². The highest BCUT2D eigenvalue weighted by Crippen LogP contribution is 2.41. The number of hydrogen-bond acceptors (Lipinski definition) is 4. The maximum absolute atomic E-state index is 15.4. The number of urea groups is 1. The number of allylic oxidation sites excluding steroid dienone is 3. The third-order valence-corrected chi connectivity index (χ3v) is 7.00. The van der Waals surface area contributed by atoms with Crippen LogP contribution in [0.4, 0.5) is 29.5 Å². The summed E-state index contributed by atoms with van der Waals surface area (Å²) >= 11 is 0. The quantitative estimate of drug-likeness (QED) is 0.590. The number of benzene rings is 1. The van der Waals surface area contributed by atoms with E-state index >= 15 is 4.39 Å². The van der Waals surface area contributed by atoms with Crippen molar-refractivity contribution < 1.29 is 18.0 Å². The molecule has 2 atom stereocenters. The molecule has 10 heteroatoms. The summed E-state index contributed by atoms with van der Waals surface area (Å²) in [5.41, 5.74) is 8.12. The van der Waals surface area contributed by atoms with Gasteiger partial charge in [-0.15, -0.1) is 0 Å². The minimum atomic E-state index is -1.29. The number of halogens is 3. The molecule has 2 fully saturated rings. The second kappa shape index (κ2) is 7.86. The second-order valence-corrected chi connectivity index (χ2v) is 9.28. The molecule has 1 saturated heterocycles. The van der Waals surface area contributed by atoms with Gasteiger partial charge in [-0.1, -0.05) is 0 Å². The predicted octanol–water partition coefficient (Wildman–Crippen LogP) is 4.65. The fourth-order valence-electron chi connectivity index (χ4n) is 5.16. The molecule has 6 rings (SSSR count). The van der Waals surface area contributed by atoms with Crippen LogP contribution in [-0.4, -0.2) is 50.3 Å². The fraction of sp³-hybridized carbons (Fsp3) is 0.320. The molecule has 2 unspecified atom stereocenters. The Balaban J connectivity index is 1.37. The van der Waals surface area contributed by atoms with Crippen LogP contribution in [0.5, 0.6) is 0 Å². The van der Waals surface area contributed by atoms with Gasteiger partial charge in [-0.2, -0.15) is 0 Å². The zero-order valence-corrected chi connectivity index (χ0v) is 19.0. The molecule has 35 heavy (non-hydrogen) atoms. The Labute approximate surface area is 199 Å². The molecule has 3 aromatic rings. The standard InChI is InChI=1S/C25H23F3N6O/c1-32-10-18(22-23(29)30-12-31-24(22)32)16-6-5-15(9-20(16)28)33-11-21(34(25(33)35)14-3-4-14)17-8-13(26)2-7-19(17)27/h2,5-7,9-10,12-14,21H,3-4,8,11H2,1H3,(H2,29,30,31). The van der Waals surface area contributed by atoms with Crippen molar-refractivity contribution in [1.82, 2.24) is 19.4 Å².